The van der Waals surface area contributed by atoms with Crippen molar-refractivity contribution in [1.29, 1.82) is 0 Å². The van der Waals surface area contributed by atoms with Gasteiger partial charge in [-0.1, -0.05) is 19.4 Å². The van der Waals surface area contributed by atoms with E-state index in [0.29, 0.717) is 19.3 Å². The third-order valence-corrected chi connectivity index (χ3v) is 9.57. The first-order valence-corrected chi connectivity index (χ1v) is 13.1. The molecule has 4 aliphatic carbocycles. The van der Waals surface area contributed by atoms with E-state index in [-0.39, 0.29) is 55.0 Å². The molecule has 3 fully saturated rings. The molecule has 3 saturated carbocycles. The first kappa shape index (κ1) is 26.6. The van der Waals surface area contributed by atoms with Gasteiger partial charge in [0, 0.05) is 11.8 Å². The van der Waals surface area contributed by atoms with E-state index in [0.717, 1.165) is 18.4 Å². The van der Waals surface area contributed by atoms with Crippen LogP contribution in [0.3, 0.4) is 0 Å². The van der Waals surface area contributed by atoms with Gasteiger partial charge in [0.05, 0.1) is 19.3 Å². The number of ketones is 2. The highest BCUT2D eigenvalue weighted by Gasteiger charge is 2.70. The minimum Gasteiger partial charge on any atom is -0.435 e. The normalized spacial score (nSPS) is 39.1. The molecule has 0 aromatic carbocycles. The van der Waals surface area contributed by atoms with Crippen molar-refractivity contribution in [3.05, 3.63) is 11.6 Å². The number of carbonyl (C=O) groups is 4. The van der Waals surface area contributed by atoms with Crippen LogP contribution in [0.5, 0.6) is 0 Å². The molecular formula is C27H38O9. The van der Waals surface area contributed by atoms with Crippen molar-refractivity contribution in [2.75, 3.05) is 19.8 Å². The van der Waals surface area contributed by atoms with Crippen LogP contribution in [-0.4, -0.2) is 60.5 Å². The molecule has 9 heteroatoms. The fraction of sp³-hybridized carbons (Fsp3) is 0.778. The summed E-state index contributed by atoms with van der Waals surface area (Å²) in [6.45, 7) is 6.93. The first-order chi connectivity index (χ1) is 17.0. The van der Waals surface area contributed by atoms with Crippen molar-refractivity contribution >= 4 is 23.9 Å². The summed E-state index contributed by atoms with van der Waals surface area (Å²) in [5, 5.41) is 11.6. The molecule has 36 heavy (non-hydrogen) atoms. The molecule has 0 radical (unpaired) electrons. The molecule has 0 heterocycles. The van der Waals surface area contributed by atoms with Crippen molar-refractivity contribution in [1.82, 2.24) is 0 Å². The average Bonchev–Trinajstić information content (AvgIpc) is 3.10. The van der Waals surface area contributed by atoms with Gasteiger partial charge in [0.15, 0.2) is 18.0 Å². The van der Waals surface area contributed by atoms with E-state index in [1.54, 1.807) is 19.9 Å². The van der Waals surface area contributed by atoms with Gasteiger partial charge in [-0.2, -0.15) is 0 Å². The highest BCUT2D eigenvalue weighted by atomic mass is 16.7. The lowest BCUT2D eigenvalue weighted by molar-refractivity contribution is -0.187. The Bertz CT molecular complexity index is 957. The molecule has 0 aromatic rings. The van der Waals surface area contributed by atoms with Crippen LogP contribution in [0, 0.1) is 28.6 Å². The molecule has 0 aliphatic heterocycles. The Balaban J connectivity index is 1.68. The number of hydrogen-bond acceptors (Lipinski definition) is 9. The zero-order valence-electron chi connectivity index (χ0n) is 21.7. The molecular weight excluding hydrogens is 468 g/mol. The highest BCUT2D eigenvalue weighted by Crippen LogP contribution is 2.68. The van der Waals surface area contributed by atoms with Gasteiger partial charge in [0.2, 0.25) is 5.78 Å². The number of aliphatic hydroxyl groups excluding tert-OH is 1. The quantitative estimate of drug-likeness (QED) is 0.529. The highest BCUT2D eigenvalue weighted by molar-refractivity contribution is 5.93. The molecule has 9 nitrogen and oxygen atoms in total. The second-order valence-corrected chi connectivity index (χ2v) is 11.1. The summed E-state index contributed by atoms with van der Waals surface area (Å²) in [5.74, 6) is -0.340. The summed E-state index contributed by atoms with van der Waals surface area (Å²) in [5.41, 5.74) is -1.63. The Labute approximate surface area is 211 Å². The van der Waals surface area contributed by atoms with Crippen molar-refractivity contribution in [3.8, 4) is 0 Å². The van der Waals surface area contributed by atoms with Crippen LogP contribution in [0.4, 0.5) is 9.59 Å². The van der Waals surface area contributed by atoms with Gasteiger partial charge < -0.3 is 24.1 Å². The molecule has 200 valence electrons. The van der Waals surface area contributed by atoms with E-state index in [2.05, 4.69) is 6.92 Å². The van der Waals surface area contributed by atoms with Crippen LogP contribution < -0.4 is 0 Å². The fourth-order valence-corrected chi connectivity index (χ4v) is 8.05. The summed E-state index contributed by atoms with van der Waals surface area (Å²) in [7, 11) is 0. The SMILES string of the molecule is CCOC(=O)OCC(=O)[C@@]1(OC(=O)OCC)CC[C@H]2[C@@H]3CCC4=CC(=O)CC[C@]4(C)[C@H]3[C@@H](O)C[C@@]21C. The van der Waals surface area contributed by atoms with E-state index in [1.807, 2.05) is 6.92 Å². The summed E-state index contributed by atoms with van der Waals surface area (Å²) >= 11 is 0. The zero-order chi connectivity index (χ0) is 26.3. The maximum absolute atomic E-state index is 13.7. The summed E-state index contributed by atoms with van der Waals surface area (Å²) in [6.07, 6.45) is 2.98. The molecule has 4 aliphatic rings. The second kappa shape index (κ2) is 9.80. The number of carbonyl (C=O) groups excluding carboxylic acids is 4. The van der Waals surface area contributed by atoms with Crippen molar-refractivity contribution in [3.63, 3.8) is 0 Å². The van der Waals surface area contributed by atoms with Crippen LogP contribution in [0.2, 0.25) is 0 Å². The summed E-state index contributed by atoms with van der Waals surface area (Å²) in [4.78, 5) is 50.2. The summed E-state index contributed by atoms with van der Waals surface area (Å²) < 4.78 is 20.7. The van der Waals surface area contributed by atoms with E-state index in [4.69, 9.17) is 18.9 Å². The number of ether oxygens (including phenoxy) is 4. The second-order valence-electron chi connectivity index (χ2n) is 11.1. The van der Waals surface area contributed by atoms with Crippen LogP contribution in [0.15, 0.2) is 11.6 Å². The van der Waals surface area contributed by atoms with E-state index in [1.165, 1.54) is 0 Å². The van der Waals surface area contributed by atoms with Gasteiger partial charge in [-0.3, -0.25) is 9.59 Å². The molecule has 0 spiro atoms. The Morgan fingerprint density at radius 2 is 1.69 bits per heavy atom. The molecule has 7 atom stereocenters. The van der Waals surface area contributed by atoms with Crippen LogP contribution in [0.1, 0.15) is 72.6 Å². The minimum atomic E-state index is -1.60. The van der Waals surface area contributed by atoms with Crippen molar-refractivity contribution in [2.45, 2.75) is 84.3 Å². The third kappa shape index (κ3) is 4.13. The Hall–Kier alpha value is -2.42. The number of fused-ring (bicyclic) bond motifs is 5. The number of allylic oxidation sites excluding steroid dienone is 1. The monoisotopic (exact) mass is 506 g/mol. The Morgan fingerprint density at radius 1 is 1.00 bits per heavy atom. The molecule has 0 aromatic heterocycles. The zero-order valence-corrected chi connectivity index (χ0v) is 21.7. The molecule has 0 amide bonds. The topological polar surface area (TPSA) is 125 Å². The van der Waals surface area contributed by atoms with Gasteiger partial charge in [-0.05, 0) is 81.6 Å². The Morgan fingerprint density at radius 3 is 2.39 bits per heavy atom. The molecule has 0 unspecified atom stereocenters. The Kier molecular flexibility index (Phi) is 7.25. The molecule has 1 N–H and O–H groups in total. The van der Waals surface area contributed by atoms with Crippen LogP contribution in [-0.2, 0) is 28.5 Å². The first-order valence-electron chi connectivity index (χ1n) is 13.1. The van der Waals surface area contributed by atoms with Crippen molar-refractivity contribution in [2.24, 2.45) is 28.6 Å². The average molecular weight is 507 g/mol. The van der Waals surface area contributed by atoms with Gasteiger partial charge in [0.25, 0.3) is 0 Å². The largest absolute Gasteiger partial charge is 0.509 e. The van der Waals surface area contributed by atoms with Crippen molar-refractivity contribution < 1.29 is 43.2 Å². The van der Waals surface area contributed by atoms with Gasteiger partial charge in [-0.25, -0.2) is 9.59 Å². The maximum atomic E-state index is 13.7. The third-order valence-electron chi connectivity index (χ3n) is 9.57. The van der Waals surface area contributed by atoms with E-state index >= 15 is 0 Å². The van der Waals surface area contributed by atoms with Gasteiger partial charge in [0.1, 0.15) is 0 Å². The summed E-state index contributed by atoms with van der Waals surface area (Å²) in [6, 6.07) is 0. The van der Waals surface area contributed by atoms with Crippen LogP contribution >= 0.6 is 0 Å². The predicted molar refractivity (Wildman–Crippen MR) is 127 cm³/mol. The number of rotatable bonds is 6. The van der Waals surface area contributed by atoms with E-state index < -0.39 is 41.8 Å². The predicted octanol–water partition coefficient (Wildman–Crippen LogP) is 4.14. The standard InChI is InChI=1S/C27H38O9/c1-5-33-23(31)35-15-21(30)27(36-24(32)34-6-2)12-10-19-18-8-7-16-13-17(28)9-11-25(16,3)22(18)20(29)14-26(19,27)4/h13,18-20,22,29H,5-12,14-15H2,1-4H3/t18-,19-,20-,22+,25-,26-,27-/m0/s1. The molecule has 0 bridgehead atoms. The van der Waals surface area contributed by atoms with Gasteiger partial charge in [-0.15, -0.1) is 0 Å². The number of aliphatic hydroxyl groups is 1. The lowest BCUT2D eigenvalue weighted by atomic mass is 9.45. The van der Waals surface area contributed by atoms with Gasteiger partial charge >= 0.3 is 12.3 Å². The minimum absolute atomic E-state index is 0.00266. The molecule has 4 rings (SSSR count). The lowest BCUT2D eigenvalue weighted by Gasteiger charge is -2.60. The number of hydrogen-bond donors (Lipinski definition) is 1. The molecule has 0 saturated heterocycles. The maximum Gasteiger partial charge on any atom is 0.509 e. The van der Waals surface area contributed by atoms with Crippen LogP contribution in [0.25, 0.3) is 0 Å². The fourth-order valence-electron chi connectivity index (χ4n) is 8.05. The smallest absolute Gasteiger partial charge is 0.435 e. The van der Waals surface area contributed by atoms with E-state index in [9.17, 15) is 24.3 Å². The lowest BCUT2D eigenvalue weighted by Crippen LogP contribution is -2.63. The number of Topliss-reactive ketones (excluding diaryl/α,β-unsaturated/α-hetero) is 1.